The third-order valence-electron chi connectivity index (χ3n) is 4.66. The van der Waals surface area contributed by atoms with E-state index in [0.29, 0.717) is 18.4 Å². The van der Waals surface area contributed by atoms with Crippen LogP contribution in [0.1, 0.15) is 24.0 Å². The lowest BCUT2D eigenvalue weighted by Crippen LogP contribution is -2.25. The molecule has 0 bridgehead atoms. The van der Waals surface area contributed by atoms with Gasteiger partial charge in [-0.2, -0.15) is 0 Å². The van der Waals surface area contributed by atoms with Crippen LogP contribution in [0.4, 0.5) is 5.69 Å². The fourth-order valence-corrected chi connectivity index (χ4v) is 3.63. The first-order chi connectivity index (χ1) is 8.69. The van der Waals surface area contributed by atoms with Crippen LogP contribution >= 0.6 is 0 Å². The SMILES string of the molecule is Cc1cc(CN)ccc1N1CC2CCC(O)C2C1. The molecule has 1 aliphatic heterocycles. The van der Waals surface area contributed by atoms with Crippen molar-refractivity contribution in [1.82, 2.24) is 0 Å². The lowest BCUT2D eigenvalue weighted by Gasteiger charge is -2.23. The second-order valence-electron chi connectivity index (χ2n) is 5.80. The molecule has 0 radical (unpaired) electrons. The molecule has 0 amide bonds. The highest BCUT2D eigenvalue weighted by Gasteiger charge is 2.42. The van der Waals surface area contributed by atoms with Gasteiger partial charge in [0.15, 0.2) is 0 Å². The average molecular weight is 246 g/mol. The first-order valence-electron chi connectivity index (χ1n) is 6.91. The summed E-state index contributed by atoms with van der Waals surface area (Å²) in [4.78, 5) is 2.44. The van der Waals surface area contributed by atoms with Gasteiger partial charge in [-0.3, -0.25) is 0 Å². The quantitative estimate of drug-likeness (QED) is 0.834. The number of aryl methyl sites for hydroxylation is 1. The summed E-state index contributed by atoms with van der Waals surface area (Å²) in [6.07, 6.45) is 2.10. The molecule has 1 saturated carbocycles. The van der Waals surface area contributed by atoms with Crippen molar-refractivity contribution in [2.75, 3.05) is 18.0 Å². The van der Waals surface area contributed by atoms with E-state index >= 15 is 0 Å². The van der Waals surface area contributed by atoms with Crippen molar-refractivity contribution in [1.29, 1.82) is 0 Å². The Morgan fingerprint density at radius 2 is 2.17 bits per heavy atom. The van der Waals surface area contributed by atoms with Crippen LogP contribution in [0.3, 0.4) is 0 Å². The number of hydrogen-bond donors (Lipinski definition) is 2. The second-order valence-corrected chi connectivity index (χ2v) is 5.80. The van der Waals surface area contributed by atoms with Gasteiger partial charge >= 0.3 is 0 Å². The lowest BCUT2D eigenvalue weighted by molar-refractivity contribution is 0.133. The zero-order chi connectivity index (χ0) is 12.7. The molecule has 98 valence electrons. The predicted octanol–water partition coefficient (Wildman–Crippen LogP) is 1.66. The van der Waals surface area contributed by atoms with Gasteiger partial charge < -0.3 is 15.7 Å². The first-order valence-corrected chi connectivity index (χ1v) is 6.91. The molecule has 2 fully saturated rings. The number of rotatable bonds is 2. The number of hydrogen-bond acceptors (Lipinski definition) is 3. The predicted molar refractivity (Wildman–Crippen MR) is 73.5 cm³/mol. The maximum absolute atomic E-state index is 9.97. The molecule has 1 aliphatic carbocycles. The number of fused-ring (bicyclic) bond motifs is 1. The summed E-state index contributed by atoms with van der Waals surface area (Å²) in [7, 11) is 0. The molecular weight excluding hydrogens is 224 g/mol. The molecule has 3 unspecified atom stereocenters. The number of benzene rings is 1. The maximum atomic E-state index is 9.97. The van der Waals surface area contributed by atoms with E-state index in [1.165, 1.54) is 23.2 Å². The Labute approximate surface area is 109 Å². The highest BCUT2D eigenvalue weighted by atomic mass is 16.3. The monoisotopic (exact) mass is 246 g/mol. The fraction of sp³-hybridized carbons (Fsp3) is 0.600. The topological polar surface area (TPSA) is 49.5 Å². The van der Waals surface area contributed by atoms with Crippen molar-refractivity contribution in [3.63, 3.8) is 0 Å². The van der Waals surface area contributed by atoms with Gasteiger partial charge in [0.05, 0.1) is 6.10 Å². The van der Waals surface area contributed by atoms with E-state index in [0.717, 1.165) is 19.5 Å². The van der Waals surface area contributed by atoms with E-state index in [1.54, 1.807) is 0 Å². The minimum atomic E-state index is -0.0800. The Kier molecular flexibility index (Phi) is 3.04. The molecule has 3 N–H and O–H groups in total. The van der Waals surface area contributed by atoms with Crippen LogP contribution in [-0.4, -0.2) is 24.3 Å². The van der Waals surface area contributed by atoms with Gasteiger partial charge in [-0.15, -0.1) is 0 Å². The van der Waals surface area contributed by atoms with Gasteiger partial charge in [-0.25, -0.2) is 0 Å². The van der Waals surface area contributed by atoms with E-state index in [9.17, 15) is 5.11 Å². The molecule has 0 spiro atoms. The zero-order valence-corrected chi connectivity index (χ0v) is 11.0. The molecule has 2 aliphatic rings. The van der Waals surface area contributed by atoms with Gasteiger partial charge in [-0.1, -0.05) is 12.1 Å². The summed E-state index contributed by atoms with van der Waals surface area (Å²) in [6.45, 7) is 4.86. The Balaban J connectivity index is 1.80. The summed E-state index contributed by atoms with van der Waals surface area (Å²) in [5, 5.41) is 9.97. The maximum Gasteiger partial charge on any atom is 0.0588 e. The molecule has 3 rings (SSSR count). The average Bonchev–Trinajstić information content (AvgIpc) is 2.92. The van der Waals surface area contributed by atoms with Crippen molar-refractivity contribution in [3.05, 3.63) is 29.3 Å². The van der Waals surface area contributed by atoms with Gasteiger partial charge in [0.2, 0.25) is 0 Å². The summed E-state index contributed by atoms with van der Waals surface area (Å²) in [5.41, 5.74) is 9.47. The molecule has 0 aromatic heterocycles. The smallest absolute Gasteiger partial charge is 0.0588 e. The number of aliphatic hydroxyl groups is 1. The van der Waals surface area contributed by atoms with Gasteiger partial charge in [-0.05, 0) is 42.9 Å². The molecule has 3 atom stereocenters. The second kappa shape index (κ2) is 4.56. The molecule has 18 heavy (non-hydrogen) atoms. The minimum Gasteiger partial charge on any atom is -0.393 e. The van der Waals surface area contributed by atoms with Crippen LogP contribution in [0.15, 0.2) is 18.2 Å². The van der Waals surface area contributed by atoms with Crippen LogP contribution in [-0.2, 0) is 6.54 Å². The summed E-state index contributed by atoms with van der Waals surface area (Å²) in [6, 6.07) is 6.48. The van der Waals surface area contributed by atoms with Crippen LogP contribution < -0.4 is 10.6 Å². The Morgan fingerprint density at radius 1 is 1.33 bits per heavy atom. The van der Waals surface area contributed by atoms with Crippen LogP contribution in [0.25, 0.3) is 0 Å². The van der Waals surface area contributed by atoms with Gasteiger partial charge in [0, 0.05) is 31.2 Å². The van der Waals surface area contributed by atoms with Gasteiger partial charge in [0.25, 0.3) is 0 Å². The van der Waals surface area contributed by atoms with Crippen molar-refractivity contribution >= 4 is 5.69 Å². The first kappa shape index (κ1) is 12.0. The normalized spacial score (nSPS) is 30.8. The van der Waals surface area contributed by atoms with E-state index < -0.39 is 0 Å². The van der Waals surface area contributed by atoms with Crippen LogP contribution in [0, 0.1) is 18.8 Å². The molecular formula is C15H22N2O. The number of aliphatic hydroxyl groups excluding tert-OH is 1. The molecule has 1 heterocycles. The highest BCUT2D eigenvalue weighted by Crippen LogP contribution is 2.40. The highest BCUT2D eigenvalue weighted by molar-refractivity contribution is 5.55. The van der Waals surface area contributed by atoms with Crippen molar-refractivity contribution in [3.8, 4) is 0 Å². The Bertz CT molecular complexity index is 446. The van der Waals surface area contributed by atoms with E-state index in [4.69, 9.17) is 5.73 Å². The lowest BCUT2D eigenvalue weighted by atomic mass is 10.00. The van der Waals surface area contributed by atoms with Crippen LogP contribution in [0.5, 0.6) is 0 Å². The summed E-state index contributed by atoms with van der Waals surface area (Å²) < 4.78 is 0. The van der Waals surface area contributed by atoms with Crippen molar-refractivity contribution < 1.29 is 5.11 Å². The largest absolute Gasteiger partial charge is 0.393 e. The Hall–Kier alpha value is -1.06. The third-order valence-corrected chi connectivity index (χ3v) is 4.66. The van der Waals surface area contributed by atoms with E-state index in [1.807, 2.05) is 0 Å². The van der Waals surface area contributed by atoms with E-state index in [-0.39, 0.29) is 6.10 Å². The number of anilines is 1. The minimum absolute atomic E-state index is 0.0800. The third kappa shape index (κ3) is 1.91. The van der Waals surface area contributed by atoms with Gasteiger partial charge in [0.1, 0.15) is 0 Å². The molecule has 3 nitrogen and oxygen atoms in total. The molecule has 3 heteroatoms. The van der Waals surface area contributed by atoms with E-state index in [2.05, 4.69) is 30.0 Å². The molecule has 1 aromatic rings. The van der Waals surface area contributed by atoms with Crippen LogP contribution in [0.2, 0.25) is 0 Å². The van der Waals surface area contributed by atoms with Crippen molar-refractivity contribution in [2.45, 2.75) is 32.4 Å². The summed E-state index contributed by atoms with van der Waals surface area (Å²) in [5.74, 6) is 1.17. The zero-order valence-electron chi connectivity index (χ0n) is 11.0. The Morgan fingerprint density at radius 3 is 2.83 bits per heavy atom. The standard InChI is InChI=1S/C15H22N2O/c1-10-6-11(7-16)2-4-14(10)17-8-12-3-5-15(18)13(12)9-17/h2,4,6,12-13,15,18H,3,5,7-9,16H2,1H3. The van der Waals surface area contributed by atoms with Crippen molar-refractivity contribution in [2.24, 2.45) is 17.6 Å². The number of nitrogens with zero attached hydrogens (tertiary/aromatic N) is 1. The molecule has 1 saturated heterocycles. The summed E-state index contributed by atoms with van der Waals surface area (Å²) >= 11 is 0. The fourth-order valence-electron chi connectivity index (χ4n) is 3.63. The number of nitrogens with two attached hydrogens (primary N) is 1. The molecule has 1 aromatic carbocycles.